The number of hydrogen-bond donors (Lipinski definition) is 4. The summed E-state index contributed by atoms with van der Waals surface area (Å²) in [6.45, 7) is 3.18. The van der Waals surface area contributed by atoms with Crippen molar-refractivity contribution in [1.82, 2.24) is 0 Å². The van der Waals surface area contributed by atoms with Crippen molar-refractivity contribution in [1.29, 1.82) is 10.7 Å². The third-order valence-corrected chi connectivity index (χ3v) is 5.18. The van der Waals surface area contributed by atoms with Crippen molar-refractivity contribution in [3.63, 3.8) is 0 Å². The van der Waals surface area contributed by atoms with Gasteiger partial charge in [0.1, 0.15) is 23.0 Å². The van der Waals surface area contributed by atoms with Crippen LogP contribution in [0.1, 0.15) is 25.3 Å². The highest BCUT2D eigenvalue weighted by Crippen LogP contribution is 2.27. The second-order valence-electron chi connectivity index (χ2n) is 7.31. The van der Waals surface area contributed by atoms with E-state index < -0.39 is 5.91 Å². The highest BCUT2D eigenvalue weighted by Gasteiger charge is 2.20. The molecule has 0 spiro atoms. The number of aliphatic hydroxyl groups excluding tert-OH is 1. The summed E-state index contributed by atoms with van der Waals surface area (Å²) in [4.78, 5) is 14.8. The number of para-hydroxylation sites is 1. The minimum Gasteiger partial charge on any atom is -0.393 e. The molecule has 7 nitrogen and oxygen atoms in total. The number of nitriles is 1. The third-order valence-electron chi connectivity index (χ3n) is 5.18. The number of aliphatic hydroxyl groups is 1. The summed E-state index contributed by atoms with van der Waals surface area (Å²) in [5.41, 5.74) is 3.66. The Morgan fingerprint density at radius 3 is 2.60 bits per heavy atom. The number of nitrogens with two attached hydrogens (primary N) is 1. The molecule has 1 amide bonds. The SMILES string of the molecule is C/C([NH2+]c1ccccc1)=C(/C=N)C(=O)Nc1ccc(N2CCC(O)CC2)c(C#N)c1. The molecule has 2 aromatic rings. The topological polar surface area (TPSA) is 117 Å². The maximum atomic E-state index is 12.7. The average molecular weight is 404 g/mol. The molecule has 154 valence electrons. The number of nitrogens with zero attached hydrogens (tertiary/aromatic N) is 2. The maximum absolute atomic E-state index is 12.7. The molecule has 1 aliphatic heterocycles. The summed E-state index contributed by atoms with van der Waals surface area (Å²) in [6.07, 6.45) is 2.11. The predicted molar refractivity (Wildman–Crippen MR) is 117 cm³/mol. The molecule has 5 N–H and O–H groups in total. The van der Waals surface area contributed by atoms with Gasteiger partial charge in [-0.15, -0.1) is 0 Å². The van der Waals surface area contributed by atoms with E-state index in [0.29, 0.717) is 42.9 Å². The van der Waals surface area contributed by atoms with Crippen LogP contribution >= 0.6 is 0 Å². The van der Waals surface area contributed by atoms with Crippen LogP contribution in [-0.2, 0) is 4.79 Å². The van der Waals surface area contributed by atoms with Gasteiger partial charge in [-0.1, -0.05) is 18.2 Å². The summed E-state index contributed by atoms with van der Waals surface area (Å²) in [5.74, 6) is -0.396. The Kier molecular flexibility index (Phi) is 6.96. The van der Waals surface area contributed by atoms with Crippen molar-refractivity contribution < 1.29 is 15.2 Å². The van der Waals surface area contributed by atoms with Crippen molar-refractivity contribution in [3.05, 3.63) is 65.4 Å². The Bertz CT molecular complexity index is 986. The molecule has 0 saturated carbocycles. The van der Waals surface area contributed by atoms with Gasteiger partial charge in [0.05, 0.1) is 17.4 Å². The summed E-state index contributed by atoms with van der Waals surface area (Å²) in [7, 11) is 0. The second-order valence-corrected chi connectivity index (χ2v) is 7.31. The van der Waals surface area contributed by atoms with E-state index in [0.717, 1.165) is 17.6 Å². The summed E-state index contributed by atoms with van der Waals surface area (Å²) in [5, 5.41) is 31.6. The Labute approximate surface area is 176 Å². The first-order chi connectivity index (χ1) is 14.5. The van der Waals surface area contributed by atoms with Crippen LogP contribution in [0.4, 0.5) is 17.1 Å². The Balaban J connectivity index is 1.76. The Morgan fingerprint density at radius 1 is 1.27 bits per heavy atom. The van der Waals surface area contributed by atoms with E-state index in [1.165, 1.54) is 0 Å². The molecule has 0 aliphatic carbocycles. The highest BCUT2D eigenvalue weighted by atomic mass is 16.3. The van der Waals surface area contributed by atoms with Gasteiger partial charge >= 0.3 is 0 Å². The van der Waals surface area contributed by atoms with Gasteiger partial charge in [-0.2, -0.15) is 5.26 Å². The minimum atomic E-state index is -0.396. The van der Waals surface area contributed by atoms with Gasteiger partial charge < -0.3 is 20.7 Å². The van der Waals surface area contributed by atoms with Crippen LogP contribution in [0, 0.1) is 16.7 Å². The van der Waals surface area contributed by atoms with Gasteiger partial charge in [-0.25, -0.2) is 0 Å². The van der Waals surface area contributed by atoms with Gasteiger partial charge in [0, 0.05) is 31.9 Å². The molecule has 0 radical (unpaired) electrons. The lowest BCUT2D eigenvalue weighted by atomic mass is 10.0. The van der Waals surface area contributed by atoms with E-state index in [-0.39, 0.29) is 11.7 Å². The molecular formula is C23H26N5O2+. The normalized spacial score (nSPS) is 15.2. The fourth-order valence-electron chi connectivity index (χ4n) is 3.52. The fraction of sp³-hybridized carbons (Fsp3) is 0.261. The lowest BCUT2D eigenvalue weighted by Crippen LogP contribution is -2.75. The molecule has 3 rings (SSSR count). The third kappa shape index (κ3) is 5.11. The van der Waals surface area contributed by atoms with Crippen molar-refractivity contribution >= 4 is 29.2 Å². The first-order valence-corrected chi connectivity index (χ1v) is 9.91. The number of allylic oxidation sites excluding steroid dienone is 1. The molecule has 30 heavy (non-hydrogen) atoms. The Hall–Kier alpha value is -3.47. The zero-order valence-electron chi connectivity index (χ0n) is 16.9. The molecule has 0 aromatic heterocycles. The zero-order chi connectivity index (χ0) is 21.5. The van der Waals surface area contributed by atoms with Crippen molar-refractivity contribution in [2.24, 2.45) is 0 Å². The van der Waals surface area contributed by atoms with Crippen LogP contribution in [0.2, 0.25) is 0 Å². The van der Waals surface area contributed by atoms with Crippen LogP contribution in [-0.4, -0.2) is 36.4 Å². The maximum Gasteiger partial charge on any atom is 0.262 e. The first kappa shape index (κ1) is 21.2. The van der Waals surface area contributed by atoms with Gasteiger partial charge in [0.15, 0.2) is 0 Å². The van der Waals surface area contributed by atoms with Crippen LogP contribution in [0.5, 0.6) is 0 Å². The van der Waals surface area contributed by atoms with E-state index >= 15 is 0 Å². The van der Waals surface area contributed by atoms with Gasteiger partial charge in [0.25, 0.3) is 5.91 Å². The van der Waals surface area contributed by atoms with E-state index in [9.17, 15) is 15.2 Å². The summed E-state index contributed by atoms with van der Waals surface area (Å²) >= 11 is 0. The van der Waals surface area contributed by atoms with Gasteiger partial charge in [-0.3, -0.25) is 10.1 Å². The number of piperidine rings is 1. The number of amides is 1. The first-order valence-electron chi connectivity index (χ1n) is 9.91. The molecule has 1 saturated heterocycles. The summed E-state index contributed by atoms with van der Waals surface area (Å²) in [6, 6.07) is 17.0. The molecule has 0 unspecified atom stereocenters. The lowest BCUT2D eigenvalue weighted by molar-refractivity contribution is -0.517. The number of nitrogens with one attached hydrogen (secondary N) is 2. The van der Waals surface area contributed by atoms with Crippen molar-refractivity contribution in [2.75, 3.05) is 23.3 Å². The Morgan fingerprint density at radius 2 is 1.97 bits per heavy atom. The van der Waals surface area contributed by atoms with Crippen molar-refractivity contribution in [3.8, 4) is 6.07 Å². The largest absolute Gasteiger partial charge is 0.393 e. The number of benzene rings is 2. The van der Waals surface area contributed by atoms with E-state index in [4.69, 9.17) is 5.41 Å². The number of rotatable bonds is 6. The zero-order valence-corrected chi connectivity index (χ0v) is 16.9. The van der Waals surface area contributed by atoms with E-state index in [1.807, 2.05) is 41.7 Å². The smallest absolute Gasteiger partial charge is 0.262 e. The molecule has 2 aromatic carbocycles. The number of carbonyl (C=O) groups is 1. The average Bonchev–Trinajstić information content (AvgIpc) is 2.75. The highest BCUT2D eigenvalue weighted by molar-refractivity contribution is 6.17. The standard InChI is InChI=1S/C23H25N5O2/c1-16(26-18-5-3-2-4-6-18)21(15-25)23(30)27-19-7-8-22(17(13-19)14-24)28-11-9-20(29)10-12-28/h2-8,13,15,20,25-26,29H,9-12H2,1H3,(H,27,30)/p+1/b21-16+,25-15?. The monoisotopic (exact) mass is 404 g/mol. The van der Waals surface area contributed by atoms with Crippen LogP contribution in [0.15, 0.2) is 59.8 Å². The molecule has 1 aliphatic rings. The quantitative estimate of drug-likeness (QED) is 0.336. The molecular weight excluding hydrogens is 378 g/mol. The molecule has 1 fully saturated rings. The lowest BCUT2D eigenvalue weighted by Gasteiger charge is -2.32. The second kappa shape index (κ2) is 9.83. The van der Waals surface area contributed by atoms with Crippen molar-refractivity contribution in [2.45, 2.75) is 25.9 Å². The van der Waals surface area contributed by atoms with Crippen LogP contribution in [0.25, 0.3) is 0 Å². The number of anilines is 2. The van der Waals surface area contributed by atoms with E-state index in [2.05, 4.69) is 16.3 Å². The minimum absolute atomic E-state index is 0.256. The number of hydrogen-bond acceptors (Lipinski definition) is 5. The summed E-state index contributed by atoms with van der Waals surface area (Å²) < 4.78 is 0. The van der Waals surface area contributed by atoms with E-state index in [1.54, 1.807) is 19.1 Å². The molecule has 7 heteroatoms. The fourth-order valence-corrected chi connectivity index (χ4v) is 3.52. The van der Waals surface area contributed by atoms with Crippen LogP contribution < -0.4 is 15.5 Å². The van der Waals surface area contributed by atoms with Gasteiger partial charge in [-0.05, 0) is 43.2 Å². The molecule has 0 atom stereocenters. The van der Waals surface area contributed by atoms with Crippen LogP contribution in [0.3, 0.4) is 0 Å². The molecule has 0 bridgehead atoms. The molecule has 1 heterocycles. The number of carbonyl (C=O) groups excluding carboxylic acids is 1. The predicted octanol–water partition coefficient (Wildman–Crippen LogP) is 2.28. The number of quaternary nitrogens is 1. The van der Waals surface area contributed by atoms with Gasteiger partial charge in [0.2, 0.25) is 0 Å².